The second-order valence-corrected chi connectivity index (χ2v) is 12.4. The highest BCUT2D eigenvalue weighted by Gasteiger charge is 2.36. The number of aromatic nitrogens is 2. The summed E-state index contributed by atoms with van der Waals surface area (Å²) in [5.74, 6) is -3.75. The Bertz CT molecular complexity index is 1450. The maximum atomic E-state index is 15.3. The van der Waals surface area contributed by atoms with Gasteiger partial charge in [0.15, 0.2) is 11.9 Å². The fraction of sp³-hybridized carbons (Fsp3) is 0.469. The van der Waals surface area contributed by atoms with Crippen molar-refractivity contribution < 1.29 is 37.3 Å². The molecule has 232 valence electrons. The van der Waals surface area contributed by atoms with Crippen LogP contribution in [0.3, 0.4) is 0 Å². The summed E-state index contributed by atoms with van der Waals surface area (Å²) in [5, 5.41) is 10.3. The van der Waals surface area contributed by atoms with Crippen LogP contribution in [-0.2, 0) is 9.53 Å². The van der Waals surface area contributed by atoms with Gasteiger partial charge >= 0.3 is 5.97 Å². The van der Waals surface area contributed by atoms with Crippen molar-refractivity contribution in [3.05, 3.63) is 65.4 Å². The van der Waals surface area contributed by atoms with Crippen molar-refractivity contribution >= 4 is 11.7 Å². The molecule has 0 amide bonds. The highest BCUT2D eigenvalue weighted by Crippen LogP contribution is 2.43. The number of carboxylic acids is 1. The minimum atomic E-state index is -1.30. The number of piperidine rings is 1. The Balaban J connectivity index is 1.65. The lowest BCUT2D eigenvalue weighted by Gasteiger charge is -2.40. The summed E-state index contributed by atoms with van der Waals surface area (Å²) in [4.78, 5) is 23.3. The minimum absolute atomic E-state index is 0.0173. The van der Waals surface area contributed by atoms with Crippen molar-refractivity contribution in [2.75, 3.05) is 31.2 Å². The lowest BCUT2D eigenvalue weighted by molar-refractivity contribution is -0.160. The van der Waals surface area contributed by atoms with E-state index in [1.54, 1.807) is 33.9 Å². The summed E-state index contributed by atoms with van der Waals surface area (Å²) in [6.07, 6.45) is 3.51. The van der Waals surface area contributed by atoms with Gasteiger partial charge in [-0.1, -0.05) is 13.8 Å². The molecule has 1 fully saturated rings. The van der Waals surface area contributed by atoms with E-state index in [1.165, 1.54) is 12.3 Å². The molecule has 0 radical (unpaired) electrons. The molecule has 0 unspecified atom stereocenters. The number of rotatable bonds is 10. The third kappa shape index (κ3) is 8.16. The zero-order valence-electron chi connectivity index (χ0n) is 25.3. The third-order valence-electron chi connectivity index (χ3n) is 7.22. The second-order valence-electron chi connectivity index (χ2n) is 12.4. The zero-order chi connectivity index (χ0) is 31.5. The molecule has 1 saturated heterocycles. The van der Waals surface area contributed by atoms with Crippen LogP contribution >= 0.6 is 0 Å². The maximum Gasteiger partial charge on any atom is 0.337 e. The molecule has 43 heavy (non-hydrogen) atoms. The third-order valence-corrected chi connectivity index (χ3v) is 7.22. The summed E-state index contributed by atoms with van der Waals surface area (Å²) < 4.78 is 58.8. The van der Waals surface area contributed by atoms with Gasteiger partial charge in [-0.05, 0) is 52.0 Å². The van der Waals surface area contributed by atoms with E-state index >= 15 is 4.39 Å². The van der Waals surface area contributed by atoms with E-state index in [4.69, 9.17) is 14.2 Å². The Morgan fingerprint density at radius 3 is 2.21 bits per heavy atom. The largest absolute Gasteiger partial charge is 0.490 e. The summed E-state index contributed by atoms with van der Waals surface area (Å²) in [6, 6.07) is 4.05. The van der Waals surface area contributed by atoms with Crippen LogP contribution in [0.4, 0.5) is 18.9 Å². The van der Waals surface area contributed by atoms with Crippen molar-refractivity contribution in [1.29, 1.82) is 0 Å². The first-order valence-electron chi connectivity index (χ1n) is 14.2. The van der Waals surface area contributed by atoms with Crippen LogP contribution in [0, 0.1) is 29.8 Å². The standard InChI is InChI=1S/C32H38F3N3O5/c1-19-26(28(30(39)40)43-31(2,3)4)27(38-9-7-32(5,6)8-10-38)24(18-36-19)20-13-25(35)29(37-17-20)42-12-11-41-23-15-21(33)14-22(34)16-23/h13-18,28H,7-12H2,1-6H3,(H,39,40)/t28-/m0/s1. The van der Waals surface area contributed by atoms with Crippen LogP contribution in [0.15, 0.2) is 36.7 Å². The molecule has 3 heterocycles. The number of benzene rings is 1. The Morgan fingerprint density at radius 2 is 1.63 bits per heavy atom. The Hall–Kier alpha value is -3.86. The number of aliphatic carboxylic acids is 1. The van der Waals surface area contributed by atoms with Gasteiger partial charge in [0.1, 0.15) is 30.6 Å². The van der Waals surface area contributed by atoms with Crippen LogP contribution in [0.2, 0.25) is 0 Å². The molecule has 1 N–H and O–H groups in total. The zero-order valence-corrected chi connectivity index (χ0v) is 25.3. The van der Waals surface area contributed by atoms with E-state index in [0.717, 1.165) is 31.0 Å². The van der Waals surface area contributed by atoms with Crippen molar-refractivity contribution in [1.82, 2.24) is 9.97 Å². The molecule has 3 aromatic rings. The molecule has 2 aromatic heterocycles. The number of hydrogen-bond donors (Lipinski definition) is 1. The van der Waals surface area contributed by atoms with E-state index in [2.05, 4.69) is 28.7 Å². The SMILES string of the molecule is Cc1ncc(-c2cnc(OCCOc3cc(F)cc(F)c3)c(F)c2)c(N2CCC(C)(C)CC2)c1[C@H](OC(C)(C)C)C(=O)O. The highest BCUT2D eigenvalue weighted by atomic mass is 19.1. The monoisotopic (exact) mass is 601 g/mol. The molecule has 1 aliphatic rings. The van der Waals surface area contributed by atoms with Gasteiger partial charge in [0.25, 0.3) is 5.88 Å². The topological polar surface area (TPSA) is 94.0 Å². The Morgan fingerprint density at radius 1 is 1.00 bits per heavy atom. The van der Waals surface area contributed by atoms with Gasteiger partial charge in [-0.3, -0.25) is 4.98 Å². The van der Waals surface area contributed by atoms with E-state index in [1.807, 2.05) is 0 Å². The second kappa shape index (κ2) is 12.8. The lowest BCUT2D eigenvalue weighted by atomic mass is 9.82. The van der Waals surface area contributed by atoms with Crippen molar-refractivity contribution in [3.63, 3.8) is 0 Å². The Labute approximate surface area is 249 Å². The van der Waals surface area contributed by atoms with Gasteiger partial charge in [0.05, 0.1) is 11.3 Å². The molecular formula is C32H38F3N3O5. The van der Waals surface area contributed by atoms with Gasteiger partial charge in [0, 0.05) is 66.1 Å². The number of pyridine rings is 2. The first-order chi connectivity index (χ1) is 20.1. The molecule has 8 nitrogen and oxygen atoms in total. The number of carboxylic acid groups (broad SMARTS) is 1. The highest BCUT2D eigenvalue weighted by molar-refractivity contribution is 5.86. The van der Waals surface area contributed by atoms with Gasteiger partial charge in [0.2, 0.25) is 0 Å². The predicted octanol–water partition coefficient (Wildman–Crippen LogP) is 6.89. The number of aryl methyl sites for hydroxylation is 1. The lowest BCUT2D eigenvalue weighted by Crippen LogP contribution is -2.39. The summed E-state index contributed by atoms with van der Waals surface area (Å²) in [5.41, 5.74) is 1.85. The van der Waals surface area contributed by atoms with E-state index in [9.17, 15) is 18.7 Å². The number of hydrogen-bond acceptors (Lipinski definition) is 7. The van der Waals surface area contributed by atoms with Crippen LogP contribution in [0.1, 0.15) is 64.8 Å². The molecule has 11 heteroatoms. The predicted molar refractivity (Wildman–Crippen MR) is 156 cm³/mol. The van der Waals surface area contributed by atoms with Crippen LogP contribution < -0.4 is 14.4 Å². The normalized spacial score (nSPS) is 15.7. The number of carbonyl (C=O) groups is 1. The number of ether oxygens (including phenoxy) is 3. The first-order valence-corrected chi connectivity index (χ1v) is 14.2. The maximum absolute atomic E-state index is 15.3. The Kier molecular flexibility index (Phi) is 9.54. The molecule has 1 aromatic carbocycles. The summed E-state index contributed by atoms with van der Waals surface area (Å²) in [6.45, 7) is 12.6. The minimum Gasteiger partial charge on any atom is -0.490 e. The average Bonchev–Trinajstić information content (AvgIpc) is 2.89. The molecule has 0 bridgehead atoms. The fourth-order valence-corrected chi connectivity index (χ4v) is 4.98. The molecule has 4 rings (SSSR count). The quantitative estimate of drug-likeness (QED) is 0.251. The van der Waals surface area contributed by atoms with Gasteiger partial charge in [-0.2, -0.15) is 0 Å². The summed E-state index contributed by atoms with van der Waals surface area (Å²) >= 11 is 0. The number of halogens is 3. The smallest absolute Gasteiger partial charge is 0.337 e. The van der Waals surface area contributed by atoms with Crippen molar-refractivity contribution in [2.45, 2.75) is 66.1 Å². The molecule has 0 aliphatic carbocycles. The van der Waals surface area contributed by atoms with Crippen LogP contribution in [0.25, 0.3) is 11.1 Å². The van der Waals surface area contributed by atoms with Gasteiger partial charge in [-0.15, -0.1) is 0 Å². The van der Waals surface area contributed by atoms with Crippen LogP contribution in [0.5, 0.6) is 11.6 Å². The number of anilines is 1. The molecular weight excluding hydrogens is 563 g/mol. The van der Waals surface area contributed by atoms with Gasteiger partial charge in [-0.25, -0.2) is 22.9 Å². The molecule has 1 atom stereocenters. The molecule has 0 spiro atoms. The fourth-order valence-electron chi connectivity index (χ4n) is 4.98. The van der Waals surface area contributed by atoms with E-state index < -0.39 is 35.1 Å². The molecule has 0 saturated carbocycles. The van der Waals surface area contributed by atoms with Crippen molar-refractivity contribution in [3.8, 4) is 22.8 Å². The summed E-state index contributed by atoms with van der Waals surface area (Å²) in [7, 11) is 0. The first kappa shape index (κ1) is 32.1. The van der Waals surface area contributed by atoms with E-state index in [-0.39, 0.29) is 30.3 Å². The van der Waals surface area contributed by atoms with Crippen LogP contribution in [-0.4, -0.2) is 52.9 Å². The van der Waals surface area contributed by atoms with Crippen molar-refractivity contribution in [2.24, 2.45) is 5.41 Å². The number of nitrogens with zero attached hydrogens (tertiary/aromatic N) is 3. The average molecular weight is 602 g/mol. The van der Waals surface area contributed by atoms with Gasteiger partial charge < -0.3 is 24.2 Å². The molecule has 1 aliphatic heterocycles. The van der Waals surface area contributed by atoms with E-state index in [0.29, 0.717) is 41.2 Å².